The Hall–Kier alpha value is -1.06. The molecular weight excluding hydrogens is 262 g/mol. The Kier molecular flexibility index (Phi) is 7.76. The molecule has 0 amide bonds. The zero-order chi connectivity index (χ0) is 15.8. The van der Waals surface area contributed by atoms with E-state index in [9.17, 15) is 5.11 Å². The summed E-state index contributed by atoms with van der Waals surface area (Å²) >= 11 is 0. The Morgan fingerprint density at radius 3 is 2.38 bits per heavy atom. The summed E-state index contributed by atoms with van der Waals surface area (Å²) < 4.78 is 5.73. The van der Waals surface area contributed by atoms with Crippen molar-refractivity contribution in [1.29, 1.82) is 0 Å². The van der Waals surface area contributed by atoms with Gasteiger partial charge in [-0.25, -0.2) is 0 Å². The van der Waals surface area contributed by atoms with Crippen molar-refractivity contribution in [3.8, 4) is 5.75 Å². The van der Waals surface area contributed by atoms with E-state index < -0.39 is 0 Å². The first-order chi connectivity index (χ1) is 9.99. The lowest BCUT2D eigenvalue weighted by Gasteiger charge is -2.30. The van der Waals surface area contributed by atoms with Crippen LogP contribution in [0, 0.1) is 11.8 Å². The summed E-state index contributed by atoms with van der Waals surface area (Å²) in [5.41, 5.74) is 1.22. The van der Waals surface area contributed by atoms with E-state index >= 15 is 0 Å². The lowest BCUT2D eigenvalue weighted by molar-refractivity contribution is 0.188. The summed E-state index contributed by atoms with van der Waals surface area (Å²) in [6, 6.07) is 8.61. The highest BCUT2D eigenvalue weighted by Crippen LogP contribution is 2.26. The third-order valence-electron chi connectivity index (χ3n) is 3.75. The molecule has 0 aliphatic rings. The smallest absolute Gasteiger partial charge is 0.119 e. The molecule has 0 aliphatic carbocycles. The first-order valence-electron chi connectivity index (χ1n) is 8.09. The van der Waals surface area contributed by atoms with Gasteiger partial charge in [-0.2, -0.15) is 0 Å². The maximum Gasteiger partial charge on any atom is 0.119 e. The highest BCUT2D eigenvalue weighted by Gasteiger charge is 2.22. The minimum atomic E-state index is 0.109. The average molecular weight is 293 g/mol. The Bertz CT molecular complexity index is 404. The van der Waals surface area contributed by atoms with Gasteiger partial charge in [0.1, 0.15) is 5.75 Å². The van der Waals surface area contributed by atoms with Gasteiger partial charge >= 0.3 is 0 Å². The number of rotatable bonds is 9. The molecule has 1 rings (SSSR count). The van der Waals surface area contributed by atoms with Crippen molar-refractivity contribution in [2.45, 2.75) is 53.1 Å². The lowest BCUT2D eigenvalue weighted by atomic mass is 9.93. The predicted octanol–water partition coefficient (Wildman–Crippen LogP) is 3.78. The Morgan fingerprint density at radius 2 is 1.86 bits per heavy atom. The van der Waals surface area contributed by atoms with Crippen LogP contribution in [0.5, 0.6) is 5.75 Å². The summed E-state index contributed by atoms with van der Waals surface area (Å²) in [4.78, 5) is 0. The van der Waals surface area contributed by atoms with Crippen LogP contribution in [-0.2, 0) is 0 Å². The number of aliphatic hydroxyl groups is 1. The normalized spacial score (nSPS) is 14.5. The van der Waals surface area contributed by atoms with Gasteiger partial charge in [-0.1, -0.05) is 46.8 Å². The van der Waals surface area contributed by atoms with Crippen molar-refractivity contribution >= 4 is 0 Å². The highest BCUT2D eigenvalue weighted by molar-refractivity contribution is 5.31. The third-order valence-corrected chi connectivity index (χ3v) is 3.75. The molecule has 2 N–H and O–H groups in total. The van der Waals surface area contributed by atoms with Crippen LogP contribution in [0.15, 0.2) is 24.3 Å². The molecule has 0 aromatic heterocycles. The lowest BCUT2D eigenvalue weighted by Crippen LogP contribution is -2.41. The molecule has 0 fully saturated rings. The molecule has 0 aliphatic heterocycles. The summed E-state index contributed by atoms with van der Waals surface area (Å²) in [7, 11) is 0. The van der Waals surface area contributed by atoms with Crippen molar-refractivity contribution in [1.82, 2.24) is 5.32 Å². The second-order valence-corrected chi connectivity index (χ2v) is 6.34. The van der Waals surface area contributed by atoms with Crippen LogP contribution < -0.4 is 10.1 Å². The monoisotopic (exact) mass is 293 g/mol. The molecule has 0 spiro atoms. The number of aliphatic hydroxyl groups excluding tert-OH is 1. The van der Waals surface area contributed by atoms with E-state index in [-0.39, 0.29) is 18.7 Å². The van der Waals surface area contributed by atoms with Crippen molar-refractivity contribution < 1.29 is 9.84 Å². The molecular formula is C18H31NO2. The van der Waals surface area contributed by atoms with E-state index in [0.29, 0.717) is 11.8 Å². The molecule has 0 bridgehead atoms. The van der Waals surface area contributed by atoms with E-state index in [0.717, 1.165) is 18.8 Å². The van der Waals surface area contributed by atoms with E-state index in [1.807, 2.05) is 12.1 Å². The second kappa shape index (κ2) is 9.06. The largest absolute Gasteiger partial charge is 0.494 e. The molecule has 1 aromatic carbocycles. The second-order valence-electron chi connectivity index (χ2n) is 6.34. The van der Waals surface area contributed by atoms with Crippen LogP contribution in [0.2, 0.25) is 0 Å². The average Bonchev–Trinajstić information content (AvgIpc) is 2.45. The molecule has 0 heterocycles. The van der Waals surface area contributed by atoms with Crippen LogP contribution >= 0.6 is 0 Å². The summed E-state index contributed by atoms with van der Waals surface area (Å²) in [6.45, 7) is 11.7. The van der Waals surface area contributed by atoms with E-state index in [1.54, 1.807) is 0 Å². The molecule has 0 saturated heterocycles. The van der Waals surface area contributed by atoms with Crippen molar-refractivity contribution in [3.05, 3.63) is 29.8 Å². The van der Waals surface area contributed by atoms with Gasteiger partial charge in [0.15, 0.2) is 0 Å². The first-order valence-corrected chi connectivity index (χ1v) is 8.09. The number of nitrogens with one attached hydrogen (secondary N) is 1. The number of benzene rings is 1. The van der Waals surface area contributed by atoms with Gasteiger partial charge in [0.05, 0.1) is 13.2 Å². The summed E-state index contributed by atoms with van der Waals surface area (Å²) in [5, 5.41) is 13.2. The topological polar surface area (TPSA) is 41.5 Å². The number of hydrogen-bond donors (Lipinski definition) is 2. The maximum absolute atomic E-state index is 9.56. The Labute approximate surface area is 129 Å². The van der Waals surface area contributed by atoms with Gasteiger partial charge in [-0.15, -0.1) is 0 Å². The van der Waals surface area contributed by atoms with E-state index in [4.69, 9.17) is 4.74 Å². The van der Waals surface area contributed by atoms with Crippen molar-refractivity contribution in [2.75, 3.05) is 13.2 Å². The maximum atomic E-state index is 9.56. The molecule has 0 radical (unpaired) electrons. The fourth-order valence-corrected chi connectivity index (χ4v) is 2.38. The zero-order valence-electron chi connectivity index (χ0n) is 14.1. The minimum absolute atomic E-state index is 0.109. The molecule has 0 unspecified atom stereocenters. The number of hydrogen-bond acceptors (Lipinski definition) is 3. The van der Waals surface area contributed by atoms with Crippen molar-refractivity contribution in [3.63, 3.8) is 0 Å². The fraction of sp³-hybridized carbons (Fsp3) is 0.667. The van der Waals surface area contributed by atoms with Gasteiger partial charge in [-0.3, -0.25) is 0 Å². The minimum Gasteiger partial charge on any atom is -0.494 e. The highest BCUT2D eigenvalue weighted by atomic mass is 16.5. The third kappa shape index (κ3) is 5.68. The first kappa shape index (κ1) is 18.0. The molecule has 21 heavy (non-hydrogen) atoms. The van der Waals surface area contributed by atoms with Crippen LogP contribution in [-0.4, -0.2) is 24.4 Å². The van der Waals surface area contributed by atoms with Crippen LogP contribution in [0.1, 0.15) is 52.6 Å². The molecule has 120 valence electrons. The van der Waals surface area contributed by atoms with Gasteiger partial charge in [-0.05, 0) is 36.0 Å². The fourth-order valence-electron chi connectivity index (χ4n) is 2.38. The quantitative estimate of drug-likeness (QED) is 0.728. The van der Waals surface area contributed by atoms with Gasteiger partial charge in [0.2, 0.25) is 0 Å². The SMILES string of the molecule is CCCOc1cccc([C@H](N[C@@H](CO)C(C)C)C(C)C)c1. The predicted molar refractivity (Wildman–Crippen MR) is 88.7 cm³/mol. The van der Waals surface area contributed by atoms with Crippen molar-refractivity contribution in [2.24, 2.45) is 11.8 Å². The number of ether oxygens (including phenoxy) is 1. The van der Waals surface area contributed by atoms with Gasteiger partial charge < -0.3 is 15.2 Å². The summed E-state index contributed by atoms with van der Waals surface area (Å²) in [6.07, 6.45) is 1.01. The van der Waals surface area contributed by atoms with E-state index in [1.165, 1.54) is 5.56 Å². The van der Waals surface area contributed by atoms with E-state index in [2.05, 4.69) is 52.1 Å². The van der Waals surface area contributed by atoms with Crippen LogP contribution in [0.25, 0.3) is 0 Å². The molecule has 0 saturated carbocycles. The standard InChI is InChI=1S/C18H31NO2/c1-6-10-21-16-9-7-8-15(11-16)18(14(4)5)19-17(12-20)13(2)3/h7-9,11,13-14,17-20H,6,10,12H2,1-5H3/t17-,18+/m0/s1. The van der Waals surface area contributed by atoms with Gasteiger partial charge in [0, 0.05) is 12.1 Å². The zero-order valence-corrected chi connectivity index (χ0v) is 14.1. The Morgan fingerprint density at radius 1 is 1.14 bits per heavy atom. The molecule has 2 atom stereocenters. The Balaban J connectivity index is 2.89. The van der Waals surface area contributed by atoms with Crippen LogP contribution in [0.4, 0.5) is 0 Å². The molecule has 3 heteroatoms. The van der Waals surface area contributed by atoms with Crippen LogP contribution in [0.3, 0.4) is 0 Å². The van der Waals surface area contributed by atoms with Gasteiger partial charge in [0.25, 0.3) is 0 Å². The molecule has 3 nitrogen and oxygen atoms in total. The summed E-state index contributed by atoms with van der Waals surface area (Å²) in [5.74, 6) is 1.77. The molecule has 1 aromatic rings.